The summed E-state index contributed by atoms with van der Waals surface area (Å²) in [5.74, 6) is 1.29. The molecule has 0 spiro atoms. The lowest BCUT2D eigenvalue weighted by atomic mass is 10.3. The van der Waals surface area contributed by atoms with Gasteiger partial charge < -0.3 is 11.1 Å². The van der Waals surface area contributed by atoms with E-state index in [-0.39, 0.29) is 0 Å². The third-order valence-corrected chi connectivity index (χ3v) is 3.65. The van der Waals surface area contributed by atoms with Crippen LogP contribution in [-0.2, 0) is 6.42 Å². The number of rotatable bonds is 5. The van der Waals surface area contributed by atoms with Crippen molar-refractivity contribution in [1.29, 1.82) is 0 Å². The van der Waals surface area contributed by atoms with Crippen molar-refractivity contribution < 1.29 is 0 Å². The summed E-state index contributed by atoms with van der Waals surface area (Å²) in [5.41, 5.74) is 5.70. The molecule has 90 valence electrons. The number of anilines is 2. The van der Waals surface area contributed by atoms with Crippen LogP contribution in [-0.4, -0.2) is 22.8 Å². The third-order valence-electron chi connectivity index (χ3n) is 2.17. The molecule has 0 bridgehead atoms. The first-order valence-corrected chi connectivity index (χ1v) is 7.33. The second-order valence-electron chi connectivity index (χ2n) is 3.42. The van der Waals surface area contributed by atoms with Crippen molar-refractivity contribution in [2.24, 2.45) is 0 Å². The summed E-state index contributed by atoms with van der Waals surface area (Å²) in [6.07, 6.45) is 2.93. The van der Waals surface area contributed by atoms with E-state index in [4.69, 9.17) is 5.73 Å². The van der Waals surface area contributed by atoms with Crippen LogP contribution in [0.25, 0.3) is 0 Å². The Morgan fingerprint density at radius 1 is 1.47 bits per heavy atom. The van der Waals surface area contributed by atoms with Crippen molar-refractivity contribution in [3.63, 3.8) is 0 Å². The number of nitrogens with two attached hydrogens (primary N) is 1. The zero-order valence-corrected chi connectivity index (χ0v) is 11.1. The Balaban J connectivity index is 1.92. The minimum absolute atomic E-state index is 0.503. The fourth-order valence-corrected chi connectivity index (χ4v) is 2.49. The van der Waals surface area contributed by atoms with Gasteiger partial charge in [-0.05, 0) is 24.1 Å². The van der Waals surface area contributed by atoms with Crippen LogP contribution in [0.1, 0.15) is 4.88 Å². The van der Waals surface area contributed by atoms with Gasteiger partial charge in [0.2, 0.25) is 0 Å². The molecule has 0 fully saturated rings. The Bertz CT molecular complexity index is 470. The number of nitrogen functional groups attached to an aromatic ring is 1. The molecule has 4 nitrogen and oxygen atoms in total. The lowest BCUT2D eigenvalue weighted by Crippen LogP contribution is -2.07. The molecule has 2 heterocycles. The van der Waals surface area contributed by atoms with Crippen LogP contribution in [0.15, 0.2) is 28.7 Å². The first-order valence-electron chi connectivity index (χ1n) is 5.23. The second kappa shape index (κ2) is 5.88. The largest absolute Gasteiger partial charge is 0.383 e. The van der Waals surface area contributed by atoms with Gasteiger partial charge in [0.1, 0.15) is 11.6 Å². The lowest BCUT2D eigenvalue weighted by Gasteiger charge is -2.06. The molecule has 0 saturated heterocycles. The summed E-state index contributed by atoms with van der Waals surface area (Å²) in [5, 5.41) is 6.05. The molecule has 0 radical (unpaired) electrons. The van der Waals surface area contributed by atoms with E-state index in [0.717, 1.165) is 18.8 Å². The van der Waals surface area contributed by atoms with E-state index in [1.54, 1.807) is 17.4 Å². The van der Waals surface area contributed by atoms with Gasteiger partial charge in [0, 0.05) is 17.5 Å². The molecule has 0 aromatic carbocycles. The molecule has 0 atom stereocenters. The van der Waals surface area contributed by atoms with Crippen molar-refractivity contribution in [1.82, 2.24) is 9.97 Å². The Hall–Kier alpha value is -1.27. The Kier molecular flexibility index (Phi) is 4.22. The zero-order chi connectivity index (χ0) is 12.1. The molecule has 6 heteroatoms. The molecule has 0 unspecified atom stereocenters. The number of thioether (sulfide) groups is 1. The summed E-state index contributed by atoms with van der Waals surface area (Å²) in [6.45, 7) is 0.852. The Labute approximate surface area is 109 Å². The molecule has 0 aliphatic carbocycles. The molecule has 2 aromatic rings. The number of nitrogens with one attached hydrogen (secondary N) is 1. The van der Waals surface area contributed by atoms with E-state index < -0.39 is 0 Å². The third kappa shape index (κ3) is 3.61. The first kappa shape index (κ1) is 12.2. The minimum Gasteiger partial charge on any atom is -0.383 e. The maximum absolute atomic E-state index is 5.70. The summed E-state index contributed by atoms with van der Waals surface area (Å²) < 4.78 is 0. The van der Waals surface area contributed by atoms with Gasteiger partial charge in [-0.25, -0.2) is 9.97 Å². The van der Waals surface area contributed by atoms with Crippen LogP contribution in [0.3, 0.4) is 0 Å². The smallest absolute Gasteiger partial charge is 0.191 e. The topological polar surface area (TPSA) is 63.8 Å². The van der Waals surface area contributed by atoms with Gasteiger partial charge in [-0.3, -0.25) is 0 Å². The van der Waals surface area contributed by atoms with Gasteiger partial charge in [-0.2, -0.15) is 0 Å². The van der Waals surface area contributed by atoms with Gasteiger partial charge in [0.25, 0.3) is 0 Å². The highest BCUT2D eigenvalue weighted by molar-refractivity contribution is 7.98. The van der Waals surface area contributed by atoms with Gasteiger partial charge in [-0.1, -0.05) is 17.8 Å². The SMILES string of the molecule is CSc1nc(N)cc(NCCc2cccs2)n1. The van der Waals surface area contributed by atoms with Crippen LogP contribution >= 0.6 is 23.1 Å². The van der Waals surface area contributed by atoms with Gasteiger partial charge >= 0.3 is 0 Å². The molecule has 0 aliphatic heterocycles. The Morgan fingerprint density at radius 3 is 3.06 bits per heavy atom. The van der Waals surface area contributed by atoms with Crippen molar-refractivity contribution in [2.75, 3.05) is 23.9 Å². The minimum atomic E-state index is 0.503. The summed E-state index contributed by atoms with van der Waals surface area (Å²) >= 11 is 3.26. The normalized spacial score (nSPS) is 10.4. The van der Waals surface area contributed by atoms with Crippen LogP contribution in [0.4, 0.5) is 11.6 Å². The molecule has 0 aliphatic rings. The fourth-order valence-electron chi connectivity index (χ4n) is 1.39. The van der Waals surface area contributed by atoms with E-state index in [1.165, 1.54) is 16.6 Å². The van der Waals surface area contributed by atoms with Crippen LogP contribution in [0.2, 0.25) is 0 Å². The molecular weight excluding hydrogens is 252 g/mol. The average Bonchev–Trinajstić information content (AvgIpc) is 2.81. The summed E-state index contributed by atoms with van der Waals surface area (Å²) in [6, 6.07) is 5.96. The van der Waals surface area contributed by atoms with Crippen molar-refractivity contribution >= 4 is 34.7 Å². The summed E-state index contributed by atoms with van der Waals surface area (Å²) in [4.78, 5) is 9.80. The predicted molar refractivity (Wildman–Crippen MR) is 74.7 cm³/mol. The van der Waals surface area contributed by atoms with Gasteiger partial charge in [-0.15, -0.1) is 11.3 Å². The number of hydrogen-bond acceptors (Lipinski definition) is 6. The molecule has 2 aromatic heterocycles. The molecule has 17 heavy (non-hydrogen) atoms. The Morgan fingerprint density at radius 2 is 2.35 bits per heavy atom. The van der Waals surface area contributed by atoms with Crippen molar-refractivity contribution in [3.05, 3.63) is 28.5 Å². The number of thiophene rings is 1. The average molecular weight is 266 g/mol. The standard InChI is InChI=1S/C11H14N4S2/c1-16-11-14-9(12)7-10(15-11)13-5-4-8-3-2-6-17-8/h2-3,6-7H,4-5H2,1H3,(H3,12,13,14,15). The van der Waals surface area contributed by atoms with Crippen molar-refractivity contribution in [2.45, 2.75) is 11.6 Å². The van der Waals surface area contributed by atoms with E-state index in [2.05, 4.69) is 32.8 Å². The second-order valence-corrected chi connectivity index (χ2v) is 5.23. The lowest BCUT2D eigenvalue weighted by molar-refractivity contribution is 0.952. The highest BCUT2D eigenvalue weighted by atomic mass is 32.2. The van der Waals surface area contributed by atoms with E-state index in [9.17, 15) is 0 Å². The number of hydrogen-bond donors (Lipinski definition) is 2. The molecular formula is C11H14N4S2. The maximum Gasteiger partial charge on any atom is 0.191 e. The zero-order valence-electron chi connectivity index (χ0n) is 9.51. The predicted octanol–water partition coefficient (Wildman–Crippen LogP) is 2.50. The molecule has 2 rings (SSSR count). The van der Waals surface area contributed by atoms with Crippen LogP contribution in [0.5, 0.6) is 0 Å². The number of aromatic nitrogens is 2. The van der Waals surface area contributed by atoms with E-state index in [0.29, 0.717) is 11.0 Å². The molecule has 3 N–H and O–H groups in total. The molecule has 0 saturated carbocycles. The van der Waals surface area contributed by atoms with E-state index in [1.807, 2.05) is 6.26 Å². The van der Waals surface area contributed by atoms with Gasteiger partial charge in [0.05, 0.1) is 0 Å². The van der Waals surface area contributed by atoms with Crippen LogP contribution < -0.4 is 11.1 Å². The number of nitrogens with zero attached hydrogens (tertiary/aromatic N) is 2. The monoisotopic (exact) mass is 266 g/mol. The first-order chi connectivity index (χ1) is 8.28. The highest BCUT2D eigenvalue weighted by Gasteiger charge is 2.01. The van der Waals surface area contributed by atoms with Crippen molar-refractivity contribution in [3.8, 4) is 0 Å². The highest BCUT2D eigenvalue weighted by Crippen LogP contribution is 2.15. The molecule has 0 amide bonds. The maximum atomic E-state index is 5.70. The fraction of sp³-hybridized carbons (Fsp3) is 0.273. The quantitative estimate of drug-likeness (QED) is 0.643. The summed E-state index contributed by atoms with van der Waals surface area (Å²) in [7, 11) is 0. The van der Waals surface area contributed by atoms with Gasteiger partial charge in [0.15, 0.2) is 5.16 Å². The van der Waals surface area contributed by atoms with Crippen LogP contribution in [0, 0.1) is 0 Å². The van der Waals surface area contributed by atoms with E-state index >= 15 is 0 Å².